The molecule has 3 rings (SSSR count). The molecule has 124 valence electrons. The van der Waals surface area contributed by atoms with Crippen molar-refractivity contribution < 1.29 is 14.6 Å². The molecule has 0 heterocycles. The summed E-state index contributed by atoms with van der Waals surface area (Å²) in [5, 5.41) is 13.6. The molecule has 0 radical (unpaired) electrons. The van der Waals surface area contributed by atoms with Crippen molar-refractivity contribution in [1.29, 1.82) is 0 Å². The summed E-state index contributed by atoms with van der Waals surface area (Å²) < 4.78 is 5.76. The number of hydrogen-bond acceptors (Lipinski definition) is 4. The Labute approximate surface area is 145 Å². The first-order chi connectivity index (χ1) is 12.2. The molecule has 0 spiro atoms. The lowest BCUT2D eigenvalue weighted by atomic mass is 10.2. The second-order valence-electron chi connectivity index (χ2n) is 5.17. The van der Waals surface area contributed by atoms with Gasteiger partial charge in [0.25, 0.3) is 5.91 Å². The highest BCUT2D eigenvalue weighted by Gasteiger charge is 2.12. The maximum absolute atomic E-state index is 12.4. The Hall–Kier alpha value is -3.60. The normalized spacial score (nSPS) is 10.6. The molecule has 0 aliphatic heterocycles. The maximum Gasteiger partial charge on any atom is 0.275 e. The van der Waals surface area contributed by atoms with Crippen LogP contribution in [0.5, 0.6) is 17.2 Å². The zero-order chi connectivity index (χ0) is 17.5. The van der Waals surface area contributed by atoms with Gasteiger partial charge in [-0.3, -0.25) is 4.79 Å². The van der Waals surface area contributed by atoms with E-state index in [1.807, 2.05) is 30.3 Å². The van der Waals surface area contributed by atoms with Gasteiger partial charge in [0.15, 0.2) is 0 Å². The highest BCUT2D eigenvalue weighted by Crippen LogP contribution is 2.24. The quantitative estimate of drug-likeness (QED) is 0.549. The summed E-state index contributed by atoms with van der Waals surface area (Å²) in [6.45, 7) is 0. The fraction of sp³-hybridized carbons (Fsp3) is 0. The van der Waals surface area contributed by atoms with Crippen LogP contribution in [0.25, 0.3) is 0 Å². The van der Waals surface area contributed by atoms with Crippen molar-refractivity contribution in [2.45, 2.75) is 0 Å². The van der Waals surface area contributed by atoms with Crippen LogP contribution in [0, 0.1) is 0 Å². The molecule has 5 nitrogen and oxygen atoms in total. The molecular formula is C20H16N2O3. The van der Waals surface area contributed by atoms with Gasteiger partial charge < -0.3 is 9.84 Å². The molecule has 0 saturated heterocycles. The number of aromatic hydroxyl groups is 1. The lowest BCUT2D eigenvalue weighted by molar-refractivity contribution is 0.0953. The zero-order valence-corrected chi connectivity index (χ0v) is 13.3. The van der Waals surface area contributed by atoms with Gasteiger partial charge in [-0.1, -0.05) is 42.5 Å². The molecule has 5 heteroatoms. The van der Waals surface area contributed by atoms with E-state index in [9.17, 15) is 9.90 Å². The molecule has 3 aromatic carbocycles. The molecule has 0 bridgehead atoms. The van der Waals surface area contributed by atoms with E-state index in [0.717, 1.165) is 0 Å². The van der Waals surface area contributed by atoms with Crippen LogP contribution in [0.2, 0.25) is 0 Å². The second kappa shape index (κ2) is 7.79. The molecule has 0 atom stereocenters. The molecule has 0 aliphatic carbocycles. The monoisotopic (exact) mass is 332 g/mol. The molecule has 0 aliphatic rings. The third-order valence-corrected chi connectivity index (χ3v) is 3.41. The number of amides is 1. The number of benzene rings is 3. The lowest BCUT2D eigenvalue weighted by Gasteiger charge is -2.09. The number of hydrazone groups is 1. The van der Waals surface area contributed by atoms with E-state index < -0.39 is 5.91 Å². The third kappa shape index (κ3) is 4.23. The highest BCUT2D eigenvalue weighted by atomic mass is 16.5. The van der Waals surface area contributed by atoms with Gasteiger partial charge >= 0.3 is 0 Å². The van der Waals surface area contributed by atoms with E-state index >= 15 is 0 Å². The maximum atomic E-state index is 12.4. The number of phenolic OH excluding ortho intramolecular Hbond substituents is 1. The standard InChI is InChI=1S/C20H16N2O3/c23-18-12-6-4-8-15(18)14-21-22-20(24)17-11-5-7-13-19(17)25-16-9-2-1-3-10-16/h1-14,23H,(H,22,24)/b21-14-. The van der Waals surface area contributed by atoms with Crippen LogP contribution in [0.3, 0.4) is 0 Å². The predicted molar refractivity (Wildman–Crippen MR) is 96.1 cm³/mol. The van der Waals surface area contributed by atoms with Crippen LogP contribution in [-0.2, 0) is 0 Å². The Morgan fingerprint density at radius 3 is 2.40 bits per heavy atom. The molecule has 0 saturated carbocycles. The van der Waals surface area contributed by atoms with E-state index in [1.54, 1.807) is 48.5 Å². The molecule has 3 aromatic rings. The molecule has 2 N–H and O–H groups in total. The fourth-order valence-electron chi connectivity index (χ4n) is 2.18. The van der Waals surface area contributed by atoms with Crippen molar-refractivity contribution in [3.63, 3.8) is 0 Å². The fourth-order valence-corrected chi connectivity index (χ4v) is 2.18. The van der Waals surface area contributed by atoms with Crippen molar-refractivity contribution in [2.75, 3.05) is 0 Å². The number of phenols is 1. The van der Waals surface area contributed by atoms with Gasteiger partial charge in [0.05, 0.1) is 11.8 Å². The van der Waals surface area contributed by atoms with Crippen molar-refractivity contribution >= 4 is 12.1 Å². The summed E-state index contributed by atoms with van der Waals surface area (Å²) in [4.78, 5) is 12.4. The third-order valence-electron chi connectivity index (χ3n) is 3.41. The van der Waals surface area contributed by atoms with Crippen molar-refractivity contribution in [3.05, 3.63) is 90.0 Å². The van der Waals surface area contributed by atoms with Gasteiger partial charge in [-0.15, -0.1) is 0 Å². The van der Waals surface area contributed by atoms with Crippen LogP contribution >= 0.6 is 0 Å². The van der Waals surface area contributed by atoms with Gasteiger partial charge in [0.1, 0.15) is 17.2 Å². The molecule has 0 aromatic heterocycles. The summed E-state index contributed by atoms with van der Waals surface area (Å²) in [5.74, 6) is 0.760. The summed E-state index contributed by atoms with van der Waals surface area (Å²) in [6.07, 6.45) is 1.38. The Bertz CT molecular complexity index is 892. The van der Waals surface area contributed by atoms with E-state index in [4.69, 9.17) is 4.74 Å². The molecule has 1 amide bonds. The molecule has 25 heavy (non-hydrogen) atoms. The SMILES string of the molecule is O=C(N/N=C\c1ccccc1O)c1ccccc1Oc1ccccc1. The smallest absolute Gasteiger partial charge is 0.275 e. The summed E-state index contributed by atoms with van der Waals surface area (Å²) in [7, 11) is 0. The Morgan fingerprint density at radius 1 is 0.920 bits per heavy atom. The number of nitrogens with one attached hydrogen (secondary N) is 1. The Morgan fingerprint density at radius 2 is 1.60 bits per heavy atom. The second-order valence-corrected chi connectivity index (χ2v) is 5.17. The number of rotatable bonds is 5. The van der Waals surface area contributed by atoms with E-state index in [0.29, 0.717) is 22.6 Å². The highest BCUT2D eigenvalue weighted by molar-refractivity contribution is 5.97. The van der Waals surface area contributed by atoms with Crippen LogP contribution in [0.1, 0.15) is 15.9 Å². The summed E-state index contributed by atoms with van der Waals surface area (Å²) in [5.41, 5.74) is 3.31. The Kier molecular flexibility index (Phi) is 5.07. The topological polar surface area (TPSA) is 70.9 Å². The molecular weight excluding hydrogens is 316 g/mol. The van der Waals surface area contributed by atoms with E-state index in [1.165, 1.54) is 6.21 Å². The van der Waals surface area contributed by atoms with E-state index in [-0.39, 0.29) is 5.75 Å². The van der Waals surface area contributed by atoms with Crippen molar-refractivity contribution in [2.24, 2.45) is 5.10 Å². The van der Waals surface area contributed by atoms with Gasteiger partial charge in [-0.25, -0.2) is 5.43 Å². The van der Waals surface area contributed by atoms with Crippen LogP contribution < -0.4 is 10.2 Å². The van der Waals surface area contributed by atoms with Crippen LogP contribution in [-0.4, -0.2) is 17.2 Å². The van der Waals surface area contributed by atoms with Crippen LogP contribution in [0.15, 0.2) is 84.0 Å². The number of ether oxygens (including phenoxy) is 1. The molecule has 0 fully saturated rings. The minimum atomic E-state index is -0.404. The molecule has 0 unspecified atom stereocenters. The predicted octanol–water partition coefficient (Wildman–Crippen LogP) is 3.95. The van der Waals surface area contributed by atoms with Crippen molar-refractivity contribution in [1.82, 2.24) is 5.43 Å². The van der Waals surface area contributed by atoms with E-state index in [2.05, 4.69) is 10.5 Å². The zero-order valence-electron chi connectivity index (χ0n) is 13.3. The van der Waals surface area contributed by atoms with Gasteiger partial charge in [0, 0.05) is 5.56 Å². The number of carbonyl (C=O) groups excluding carboxylic acids is 1. The number of para-hydroxylation sites is 3. The minimum Gasteiger partial charge on any atom is -0.507 e. The largest absolute Gasteiger partial charge is 0.507 e. The lowest BCUT2D eigenvalue weighted by Crippen LogP contribution is -2.18. The minimum absolute atomic E-state index is 0.0910. The first-order valence-electron chi connectivity index (χ1n) is 7.67. The van der Waals surface area contributed by atoms with Crippen LogP contribution in [0.4, 0.5) is 0 Å². The van der Waals surface area contributed by atoms with Gasteiger partial charge in [0.2, 0.25) is 0 Å². The van der Waals surface area contributed by atoms with Gasteiger partial charge in [-0.05, 0) is 36.4 Å². The first-order valence-corrected chi connectivity index (χ1v) is 7.67. The van der Waals surface area contributed by atoms with Crippen molar-refractivity contribution in [3.8, 4) is 17.2 Å². The summed E-state index contributed by atoms with van der Waals surface area (Å²) >= 11 is 0. The number of nitrogens with zero attached hydrogens (tertiary/aromatic N) is 1. The average molecular weight is 332 g/mol. The first kappa shape index (κ1) is 16.3. The number of carbonyl (C=O) groups is 1. The number of hydrogen-bond donors (Lipinski definition) is 2. The summed E-state index contributed by atoms with van der Waals surface area (Å²) in [6, 6.07) is 22.9. The average Bonchev–Trinajstić information content (AvgIpc) is 2.64. The Balaban J connectivity index is 1.73. The van der Waals surface area contributed by atoms with Gasteiger partial charge in [-0.2, -0.15) is 5.10 Å².